The number of nitrogens with zero attached hydrogens (tertiary/aromatic N) is 1. The van der Waals surface area contributed by atoms with Gasteiger partial charge in [0.1, 0.15) is 4.88 Å². The highest BCUT2D eigenvalue weighted by atomic mass is 32.1. The summed E-state index contributed by atoms with van der Waals surface area (Å²) in [6, 6.07) is 16.4. The van der Waals surface area contributed by atoms with Crippen molar-refractivity contribution in [1.82, 2.24) is 4.90 Å². The SMILES string of the molecule is CCN(CC)C(=O)c1ccc(NC(=O)COC(=O)c2sccc2-c2ccc(C)cc2)cc1. The number of carbonyl (C=O) groups excluding carboxylic acids is 3. The van der Waals surface area contributed by atoms with E-state index in [-0.39, 0.29) is 5.91 Å². The van der Waals surface area contributed by atoms with Gasteiger partial charge in [-0.2, -0.15) is 0 Å². The summed E-state index contributed by atoms with van der Waals surface area (Å²) >= 11 is 1.28. The summed E-state index contributed by atoms with van der Waals surface area (Å²) < 4.78 is 5.23. The molecule has 166 valence electrons. The van der Waals surface area contributed by atoms with Gasteiger partial charge in [0.05, 0.1) is 0 Å². The third-order valence-corrected chi connectivity index (χ3v) is 5.91. The Labute approximate surface area is 191 Å². The van der Waals surface area contributed by atoms with Crippen molar-refractivity contribution in [2.45, 2.75) is 20.8 Å². The maximum Gasteiger partial charge on any atom is 0.349 e. The minimum Gasteiger partial charge on any atom is -0.451 e. The van der Waals surface area contributed by atoms with Crippen molar-refractivity contribution in [2.24, 2.45) is 0 Å². The number of ether oxygens (including phenoxy) is 1. The molecule has 0 fully saturated rings. The summed E-state index contributed by atoms with van der Waals surface area (Å²) in [5.41, 5.74) is 3.93. The average molecular weight is 451 g/mol. The Kier molecular flexibility index (Phi) is 7.78. The number of benzene rings is 2. The Bertz CT molecular complexity index is 1080. The number of amides is 2. The first kappa shape index (κ1) is 23.2. The molecule has 0 unspecified atom stereocenters. The summed E-state index contributed by atoms with van der Waals surface area (Å²) in [7, 11) is 0. The highest BCUT2D eigenvalue weighted by Gasteiger charge is 2.18. The van der Waals surface area contributed by atoms with Crippen molar-refractivity contribution in [3.8, 4) is 11.1 Å². The minimum atomic E-state index is -0.536. The highest BCUT2D eigenvalue weighted by molar-refractivity contribution is 7.12. The van der Waals surface area contributed by atoms with Crippen molar-refractivity contribution in [1.29, 1.82) is 0 Å². The Morgan fingerprint density at radius 3 is 2.22 bits per heavy atom. The third kappa shape index (κ3) is 5.62. The van der Waals surface area contributed by atoms with Gasteiger partial charge in [0.15, 0.2) is 6.61 Å². The molecule has 0 saturated carbocycles. The van der Waals surface area contributed by atoms with E-state index >= 15 is 0 Å². The van der Waals surface area contributed by atoms with Gasteiger partial charge in [-0.3, -0.25) is 9.59 Å². The molecule has 0 aliphatic heterocycles. The number of hydrogen-bond donors (Lipinski definition) is 1. The standard InChI is InChI=1S/C25H26N2O4S/c1-4-27(5-2)24(29)19-10-12-20(13-11-19)26-22(28)16-31-25(30)23-21(14-15-32-23)18-8-6-17(3)7-9-18/h6-15H,4-5,16H2,1-3H3,(H,26,28). The zero-order valence-electron chi connectivity index (χ0n) is 18.4. The number of rotatable bonds is 8. The van der Waals surface area contributed by atoms with E-state index in [2.05, 4.69) is 5.32 Å². The molecule has 0 saturated heterocycles. The molecule has 2 aromatic carbocycles. The topological polar surface area (TPSA) is 75.7 Å². The molecule has 0 radical (unpaired) electrons. The molecule has 3 aromatic rings. The summed E-state index contributed by atoms with van der Waals surface area (Å²) in [4.78, 5) is 39.3. The Morgan fingerprint density at radius 2 is 1.59 bits per heavy atom. The summed E-state index contributed by atoms with van der Waals surface area (Å²) in [6.45, 7) is 6.73. The van der Waals surface area contributed by atoms with E-state index in [4.69, 9.17) is 4.74 Å². The molecule has 1 aromatic heterocycles. The molecule has 32 heavy (non-hydrogen) atoms. The van der Waals surface area contributed by atoms with Gasteiger partial charge in [0, 0.05) is 29.9 Å². The normalized spacial score (nSPS) is 10.5. The number of esters is 1. The Balaban J connectivity index is 1.56. The molecule has 2 amide bonds. The largest absolute Gasteiger partial charge is 0.451 e. The molecule has 1 N–H and O–H groups in total. The van der Waals surface area contributed by atoms with Crippen LogP contribution in [0.2, 0.25) is 0 Å². The smallest absolute Gasteiger partial charge is 0.349 e. The molecule has 0 aliphatic rings. The zero-order valence-corrected chi connectivity index (χ0v) is 19.2. The lowest BCUT2D eigenvalue weighted by molar-refractivity contribution is -0.119. The second-order valence-electron chi connectivity index (χ2n) is 7.21. The summed E-state index contributed by atoms with van der Waals surface area (Å²) in [6.07, 6.45) is 0. The lowest BCUT2D eigenvalue weighted by atomic mass is 10.1. The van der Waals surface area contributed by atoms with Gasteiger partial charge in [-0.05, 0) is 62.0 Å². The van der Waals surface area contributed by atoms with Crippen molar-refractivity contribution in [3.63, 3.8) is 0 Å². The van der Waals surface area contributed by atoms with Crippen LogP contribution in [-0.4, -0.2) is 42.4 Å². The van der Waals surface area contributed by atoms with Crippen LogP contribution in [0.4, 0.5) is 5.69 Å². The van der Waals surface area contributed by atoms with Gasteiger partial charge in [0.2, 0.25) is 0 Å². The fourth-order valence-electron chi connectivity index (χ4n) is 3.21. The van der Waals surface area contributed by atoms with Crippen LogP contribution in [0, 0.1) is 6.92 Å². The van der Waals surface area contributed by atoms with E-state index in [1.54, 1.807) is 29.2 Å². The van der Waals surface area contributed by atoms with E-state index in [1.807, 2.05) is 56.5 Å². The molecule has 7 heteroatoms. The van der Waals surface area contributed by atoms with Crippen LogP contribution < -0.4 is 5.32 Å². The van der Waals surface area contributed by atoms with E-state index in [0.29, 0.717) is 29.2 Å². The van der Waals surface area contributed by atoms with Gasteiger partial charge in [-0.15, -0.1) is 11.3 Å². The lowest BCUT2D eigenvalue weighted by Gasteiger charge is -2.18. The van der Waals surface area contributed by atoms with Crippen LogP contribution in [0.1, 0.15) is 39.4 Å². The maximum absolute atomic E-state index is 12.5. The van der Waals surface area contributed by atoms with E-state index in [0.717, 1.165) is 16.7 Å². The fraction of sp³-hybridized carbons (Fsp3) is 0.240. The lowest BCUT2D eigenvalue weighted by Crippen LogP contribution is -2.30. The first-order chi connectivity index (χ1) is 15.4. The van der Waals surface area contributed by atoms with Crippen LogP contribution in [0.25, 0.3) is 11.1 Å². The van der Waals surface area contributed by atoms with Gasteiger partial charge in [-0.25, -0.2) is 4.79 Å². The first-order valence-corrected chi connectivity index (χ1v) is 11.3. The number of nitrogens with one attached hydrogen (secondary N) is 1. The van der Waals surface area contributed by atoms with Gasteiger partial charge < -0.3 is 15.0 Å². The van der Waals surface area contributed by atoms with Crippen molar-refractivity contribution < 1.29 is 19.1 Å². The van der Waals surface area contributed by atoms with Crippen LogP contribution in [0.5, 0.6) is 0 Å². The molecule has 0 atom stereocenters. The van der Waals surface area contributed by atoms with Crippen molar-refractivity contribution in [3.05, 3.63) is 76.0 Å². The predicted octanol–water partition coefficient (Wildman–Crippen LogP) is 5.00. The number of aryl methyl sites for hydroxylation is 1. The minimum absolute atomic E-state index is 0.0536. The molecule has 6 nitrogen and oxygen atoms in total. The summed E-state index contributed by atoms with van der Waals surface area (Å²) in [5.74, 6) is -1.04. The Morgan fingerprint density at radius 1 is 0.938 bits per heavy atom. The average Bonchev–Trinajstić information content (AvgIpc) is 3.29. The van der Waals surface area contributed by atoms with Crippen LogP contribution in [-0.2, 0) is 9.53 Å². The first-order valence-electron chi connectivity index (χ1n) is 10.4. The maximum atomic E-state index is 12.5. The molecule has 3 rings (SSSR count). The quantitative estimate of drug-likeness (QED) is 0.490. The second kappa shape index (κ2) is 10.7. The third-order valence-electron chi connectivity index (χ3n) is 5.01. The zero-order chi connectivity index (χ0) is 23.1. The van der Waals surface area contributed by atoms with E-state index in [9.17, 15) is 14.4 Å². The van der Waals surface area contributed by atoms with Crippen LogP contribution >= 0.6 is 11.3 Å². The molecule has 0 spiro atoms. The fourth-order valence-corrected chi connectivity index (χ4v) is 4.02. The Hall–Kier alpha value is -3.45. The number of thiophene rings is 1. The van der Waals surface area contributed by atoms with Crippen LogP contribution in [0.15, 0.2) is 60.0 Å². The monoisotopic (exact) mass is 450 g/mol. The van der Waals surface area contributed by atoms with Crippen molar-refractivity contribution >= 4 is 34.8 Å². The van der Waals surface area contributed by atoms with Gasteiger partial charge in [0.25, 0.3) is 11.8 Å². The predicted molar refractivity (Wildman–Crippen MR) is 127 cm³/mol. The number of anilines is 1. The van der Waals surface area contributed by atoms with Crippen molar-refractivity contribution in [2.75, 3.05) is 25.0 Å². The van der Waals surface area contributed by atoms with Gasteiger partial charge >= 0.3 is 5.97 Å². The molecular formula is C25H26N2O4S. The molecule has 1 heterocycles. The van der Waals surface area contributed by atoms with Gasteiger partial charge in [-0.1, -0.05) is 29.8 Å². The second-order valence-corrected chi connectivity index (χ2v) is 8.12. The van der Waals surface area contributed by atoms with E-state index in [1.165, 1.54) is 11.3 Å². The molecule has 0 aliphatic carbocycles. The molecular weight excluding hydrogens is 424 g/mol. The highest BCUT2D eigenvalue weighted by Crippen LogP contribution is 2.29. The van der Waals surface area contributed by atoms with Crippen LogP contribution in [0.3, 0.4) is 0 Å². The van der Waals surface area contributed by atoms with E-state index < -0.39 is 18.5 Å². The number of carbonyl (C=O) groups is 3. The molecule has 0 bridgehead atoms. The summed E-state index contributed by atoms with van der Waals surface area (Å²) in [5, 5.41) is 4.51. The number of hydrogen-bond acceptors (Lipinski definition) is 5.